The van der Waals surface area contributed by atoms with Gasteiger partial charge in [0.2, 0.25) is 5.91 Å². The minimum Gasteiger partial charge on any atom is -0.352 e. The van der Waals surface area contributed by atoms with Crippen LogP contribution in [0, 0.1) is 17.2 Å². The molecule has 0 aliphatic carbocycles. The monoisotopic (exact) mass is 271 g/mol. The second-order valence-corrected chi connectivity index (χ2v) is 5.33. The molecule has 0 aromatic carbocycles. The number of nitriles is 1. The highest BCUT2D eigenvalue weighted by atomic mass is 16.2. The lowest BCUT2D eigenvalue weighted by Crippen LogP contribution is -2.55. The lowest BCUT2D eigenvalue weighted by atomic mass is 9.97. The average molecular weight is 271 g/mol. The topological polar surface area (TPSA) is 73.1 Å². The molecule has 20 heavy (non-hydrogen) atoms. The Balaban J connectivity index is 1.61. The summed E-state index contributed by atoms with van der Waals surface area (Å²) in [6.45, 7) is 3.07. The first-order valence-electron chi connectivity index (χ1n) is 7.04. The minimum absolute atomic E-state index is 0.0432. The summed E-state index contributed by atoms with van der Waals surface area (Å²) in [6, 6.07) is 2.04. The molecule has 3 rings (SSSR count). The zero-order chi connectivity index (χ0) is 13.9. The summed E-state index contributed by atoms with van der Waals surface area (Å²) in [6.07, 6.45) is 6.55. The Kier molecular flexibility index (Phi) is 3.50. The number of hydrogen-bond acceptors (Lipinski definition) is 5. The summed E-state index contributed by atoms with van der Waals surface area (Å²) < 4.78 is 0. The Morgan fingerprint density at radius 2 is 1.90 bits per heavy atom. The van der Waals surface area contributed by atoms with Crippen LogP contribution in [-0.4, -0.2) is 47.0 Å². The van der Waals surface area contributed by atoms with Crippen molar-refractivity contribution in [2.75, 3.05) is 31.1 Å². The Morgan fingerprint density at radius 3 is 2.60 bits per heavy atom. The second kappa shape index (κ2) is 5.45. The maximum Gasteiger partial charge on any atom is 0.229 e. The molecular formula is C14H17N5O. The Hall–Kier alpha value is -2.16. The van der Waals surface area contributed by atoms with Crippen molar-refractivity contribution in [3.8, 4) is 6.07 Å². The minimum atomic E-state index is 0.0432. The Labute approximate surface area is 118 Å². The fourth-order valence-electron chi connectivity index (χ4n) is 2.82. The number of rotatable bonds is 2. The van der Waals surface area contributed by atoms with Crippen molar-refractivity contribution in [2.45, 2.75) is 19.3 Å². The number of hydrogen-bond donors (Lipinski definition) is 0. The maximum atomic E-state index is 12.3. The maximum absolute atomic E-state index is 12.3. The van der Waals surface area contributed by atoms with E-state index in [0.717, 1.165) is 25.9 Å². The fourth-order valence-corrected chi connectivity index (χ4v) is 2.82. The molecule has 0 unspecified atom stereocenters. The lowest BCUT2D eigenvalue weighted by molar-refractivity contribution is -0.137. The molecule has 0 bridgehead atoms. The molecule has 1 amide bonds. The number of nitrogens with zero attached hydrogens (tertiary/aromatic N) is 5. The molecule has 3 heterocycles. The number of carbonyl (C=O) groups excluding carboxylic acids is 1. The van der Waals surface area contributed by atoms with Crippen molar-refractivity contribution < 1.29 is 4.79 Å². The molecule has 0 saturated carbocycles. The summed E-state index contributed by atoms with van der Waals surface area (Å²) in [4.78, 5) is 24.4. The normalized spacial score (nSPS) is 19.4. The van der Waals surface area contributed by atoms with E-state index in [9.17, 15) is 4.79 Å². The van der Waals surface area contributed by atoms with Crippen LogP contribution in [0.1, 0.15) is 25.0 Å². The van der Waals surface area contributed by atoms with Crippen LogP contribution in [-0.2, 0) is 4.79 Å². The third kappa shape index (κ3) is 2.31. The molecule has 1 aromatic heterocycles. The zero-order valence-electron chi connectivity index (χ0n) is 11.3. The Morgan fingerprint density at radius 1 is 1.20 bits per heavy atom. The largest absolute Gasteiger partial charge is 0.352 e. The van der Waals surface area contributed by atoms with Gasteiger partial charge >= 0.3 is 0 Å². The summed E-state index contributed by atoms with van der Waals surface area (Å²) in [5.41, 5.74) is 0.330. The van der Waals surface area contributed by atoms with Gasteiger partial charge in [-0.3, -0.25) is 4.79 Å². The van der Waals surface area contributed by atoms with Crippen LogP contribution in [0.15, 0.2) is 12.4 Å². The standard InChI is InChI=1S/C14H17N5O/c15-8-12-13(17-5-4-16-12)19-9-11(10-19)14(20)18-6-2-1-3-7-18/h4-5,11H,1-3,6-7,9-10H2. The van der Waals surface area contributed by atoms with Crippen LogP contribution in [0.3, 0.4) is 0 Å². The van der Waals surface area contributed by atoms with Gasteiger partial charge in [0.1, 0.15) is 6.07 Å². The molecule has 0 atom stereocenters. The number of carbonyl (C=O) groups is 1. The first-order valence-corrected chi connectivity index (χ1v) is 7.04. The fraction of sp³-hybridized carbons (Fsp3) is 0.571. The van der Waals surface area contributed by atoms with E-state index in [1.807, 2.05) is 15.9 Å². The average Bonchev–Trinajstić information content (AvgIpc) is 2.47. The van der Waals surface area contributed by atoms with Crippen molar-refractivity contribution in [1.82, 2.24) is 14.9 Å². The van der Waals surface area contributed by atoms with Gasteiger partial charge in [-0.1, -0.05) is 0 Å². The number of piperidine rings is 1. The van der Waals surface area contributed by atoms with Gasteiger partial charge in [-0.2, -0.15) is 5.26 Å². The van der Waals surface area contributed by atoms with Crippen LogP contribution in [0.25, 0.3) is 0 Å². The Bertz CT molecular complexity index is 541. The third-order valence-corrected chi connectivity index (χ3v) is 3.98. The van der Waals surface area contributed by atoms with E-state index < -0.39 is 0 Å². The number of amides is 1. The highest BCUT2D eigenvalue weighted by Crippen LogP contribution is 2.26. The van der Waals surface area contributed by atoms with Crippen LogP contribution < -0.4 is 4.90 Å². The van der Waals surface area contributed by atoms with Gasteiger partial charge in [0.15, 0.2) is 11.5 Å². The van der Waals surface area contributed by atoms with Crippen LogP contribution in [0.5, 0.6) is 0 Å². The first kappa shape index (κ1) is 12.9. The molecule has 1 aromatic rings. The van der Waals surface area contributed by atoms with E-state index in [-0.39, 0.29) is 11.8 Å². The smallest absolute Gasteiger partial charge is 0.229 e. The van der Waals surface area contributed by atoms with Crippen molar-refractivity contribution in [3.05, 3.63) is 18.1 Å². The van der Waals surface area contributed by atoms with Crippen LogP contribution >= 0.6 is 0 Å². The summed E-state index contributed by atoms with van der Waals surface area (Å²) >= 11 is 0. The van der Waals surface area contributed by atoms with Crippen molar-refractivity contribution in [3.63, 3.8) is 0 Å². The van der Waals surface area contributed by atoms with Gasteiger partial charge in [-0.05, 0) is 19.3 Å². The molecule has 0 spiro atoms. The number of anilines is 1. The predicted octanol–water partition coefficient (Wildman–Crippen LogP) is 0.797. The predicted molar refractivity (Wildman–Crippen MR) is 72.9 cm³/mol. The SMILES string of the molecule is N#Cc1nccnc1N1CC(C(=O)N2CCCCC2)C1. The quantitative estimate of drug-likeness (QED) is 0.795. The first-order chi connectivity index (χ1) is 9.79. The van der Waals surface area contributed by atoms with E-state index in [4.69, 9.17) is 5.26 Å². The van der Waals surface area contributed by atoms with E-state index >= 15 is 0 Å². The summed E-state index contributed by atoms with van der Waals surface area (Å²) in [5, 5.41) is 9.01. The van der Waals surface area contributed by atoms with Gasteiger partial charge in [-0.25, -0.2) is 9.97 Å². The van der Waals surface area contributed by atoms with Crippen molar-refractivity contribution in [1.29, 1.82) is 5.26 Å². The lowest BCUT2D eigenvalue weighted by Gasteiger charge is -2.42. The summed E-state index contributed by atoms with van der Waals surface area (Å²) in [5.74, 6) is 0.891. The second-order valence-electron chi connectivity index (χ2n) is 5.33. The van der Waals surface area contributed by atoms with Crippen LogP contribution in [0.4, 0.5) is 5.82 Å². The molecule has 0 N–H and O–H groups in total. The van der Waals surface area contributed by atoms with E-state index in [1.54, 1.807) is 6.20 Å². The number of aromatic nitrogens is 2. The van der Waals surface area contributed by atoms with Gasteiger partial charge in [-0.15, -0.1) is 0 Å². The van der Waals surface area contributed by atoms with Crippen molar-refractivity contribution >= 4 is 11.7 Å². The molecule has 6 nitrogen and oxygen atoms in total. The third-order valence-electron chi connectivity index (χ3n) is 3.98. The highest BCUT2D eigenvalue weighted by molar-refractivity contribution is 5.82. The summed E-state index contributed by atoms with van der Waals surface area (Å²) in [7, 11) is 0. The molecule has 0 radical (unpaired) electrons. The van der Waals surface area contributed by atoms with Gasteiger partial charge < -0.3 is 9.80 Å². The van der Waals surface area contributed by atoms with E-state index in [0.29, 0.717) is 24.6 Å². The van der Waals surface area contributed by atoms with Gasteiger partial charge in [0.25, 0.3) is 0 Å². The zero-order valence-corrected chi connectivity index (χ0v) is 11.3. The van der Waals surface area contributed by atoms with Gasteiger partial charge in [0, 0.05) is 38.6 Å². The number of likely N-dealkylation sites (tertiary alicyclic amines) is 1. The molecule has 2 aliphatic heterocycles. The molecule has 6 heteroatoms. The molecule has 2 fully saturated rings. The van der Waals surface area contributed by atoms with Crippen molar-refractivity contribution in [2.24, 2.45) is 5.92 Å². The molecular weight excluding hydrogens is 254 g/mol. The molecule has 104 valence electrons. The molecule has 2 saturated heterocycles. The molecule has 2 aliphatic rings. The van der Waals surface area contributed by atoms with E-state index in [2.05, 4.69) is 9.97 Å². The van der Waals surface area contributed by atoms with E-state index in [1.165, 1.54) is 12.6 Å². The highest BCUT2D eigenvalue weighted by Gasteiger charge is 2.37. The van der Waals surface area contributed by atoms with Gasteiger partial charge in [0.05, 0.1) is 5.92 Å². The van der Waals surface area contributed by atoms with Crippen LogP contribution in [0.2, 0.25) is 0 Å².